The lowest BCUT2D eigenvalue weighted by molar-refractivity contribution is -0.138. The van der Waals surface area contributed by atoms with Crippen LogP contribution in [0.15, 0.2) is 59.0 Å². The summed E-state index contributed by atoms with van der Waals surface area (Å²) in [5, 5.41) is 1.01. The van der Waals surface area contributed by atoms with Crippen molar-refractivity contribution in [1.29, 1.82) is 0 Å². The van der Waals surface area contributed by atoms with Gasteiger partial charge in [-0.25, -0.2) is 13.2 Å². The van der Waals surface area contributed by atoms with E-state index >= 15 is 0 Å². The Balaban J connectivity index is 2.08. The van der Waals surface area contributed by atoms with E-state index in [0.29, 0.717) is 21.2 Å². The van der Waals surface area contributed by atoms with E-state index in [-0.39, 0.29) is 18.0 Å². The average Bonchev–Trinajstić information content (AvgIpc) is 3.10. The van der Waals surface area contributed by atoms with Crippen molar-refractivity contribution in [2.75, 3.05) is 13.2 Å². The molecule has 3 rings (SSSR count). The summed E-state index contributed by atoms with van der Waals surface area (Å²) in [4.78, 5) is 12.6. The maximum Gasteiger partial charge on any atom is 0.335 e. The van der Waals surface area contributed by atoms with E-state index < -0.39 is 22.0 Å². The maximum atomic E-state index is 13.3. The number of hydrogen-bond acceptors (Lipinski definition) is 4. The number of rotatable bonds is 5. The van der Waals surface area contributed by atoms with Crippen LogP contribution in [0.2, 0.25) is 10.0 Å². The lowest BCUT2D eigenvalue weighted by Gasteiger charge is -2.27. The number of ether oxygens (including phenoxy) is 1. The first-order valence-electron chi connectivity index (χ1n) is 8.66. The van der Waals surface area contributed by atoms with Gasteiger partial charge in [-0.1, -0.05) is 41.4 Å². The number of sulfonamides is 1. The molecule has 1 unspecified atom stereocenters. The number of aryl methyl sites for hydroxylation is 1. The van der Waals surface area contributed by atoms with Crippen molar-refractivity contribution in [3.63, 3.8) is 0 Å². The summed E-state index contributed by atoms with van der Waals surface area (Å²) in [6.07, 6.45) is 1.60. The largest absolute Gasteiger partial charge is 0.463 e. The first kappa shape index (κ1) is 20.9. The summed E-state index contributed by atoms with van der Waals surface area (Å²) in [5.41, 5.74) is 1.73. The summed E-state index contributed by atoms with van der Waals surface area (Å²) in [5.74, 6) is -0.533. The Morgan fingerprint density at radius 2 is 1.86 bits per heavy atom. The number of carbonyl (C=O) groups is 1. The van der Waals surface area contributed by atoms with Gasteiger partial charge in [0.15, 0.2) is 0 Å². The highest BCUT2D eigenvalue weighted by Crippen LogP contribution is 2.39. The van der Waals surface area contributed by atoms with Crippen LogP contribution in [-0.2, 0) is 19.6 Å². The fourth-order valence-corrected chi connectivity index (χ4v) is 4.91. The zero-order valence-corrected chi connectivity index (χ0v) is 17.7. The third kappa shape index (κ3) is 3.96. The fourth-order valence-electron chi connectivity index (χ4n) is 3.13. The molecule has 0 N–H and O–H groups in total. The van der Waals surface area contributed by atoms with Gasteiger partial charge in [-0.3, -0.25) is 0 Å². The SMILES string of the molecule is CCOC(=O)C1=CCN(S(=O)(=O)c2ccc(Cl)cc2)C1c1ccc(Cl)c(C)c1. The summed E-state index contributed by atoms with van der Waals surface area (Å²) in [6.45, 7) is 3.79. The molecule has 1 heterocycles. The lowest BCUT2D eigenvalue weighted by atomic mass is 9.99. The summed E-state index contributed by atoms with van der Waals surface area (Å²) >= 11 is 12.0. The molecule has 0 radical (unpaired) electrons. The molecule has 1 aliphatic rings. The number of halogens is 2. The number of carbonyl (C=O) groups excluding carboxylic acids is 1. The minimum absolute atomic E-state index is 0.0610. The molecule has 5 nitrogen and oxygen atoms in total. The number of hydrogen-bond donors (Lipinski definition) is 0. The van der Waals surface area contributed by atoms with Gasteiger partial charge in [-0.15, -0.1) is 0 Å². The highest BCUT2D eigenvalue weighted by atomic mass is 35.5. The molecule has 0 fully saturated rings. The van der Waals surface area contributed by atoms with E-state index in [1.165, 1.54) is 28.6 Å². The molecule has 0 saturated heterocycles. The van der Waals surface area contributed by atoms with Gasteiger partial charge in [0, 0.05) is 16.6 Å². The molecule has 0 aromatic heterocycles. The smallest absolute Gasteiger partial charge is 0.335 e. The Bertz CT molecular complexity index is 1030. The van der Waals surface area contributed by atoms with Crippen LogP contribution < -0.4 is 0 Å². The highest BCUT2D eigenvalue weighted by molar-refractivity contribution is 7.89. The minimum Gasteiger partial charge on any atom is -0.463 e. The van der Waals surface area contributed by atoms with Crippen LogP contribution in [0, 0.1) is 6.92 Å². The molecule has 1 atom stereocenters. The third-order valence-electron chi connectivity index (χ3n) is 4.50. The molecular weight excluding hydrogens is 421 g/mol. The van der Waals surface area contributed by atoms with Gasteiger partial charge in [0.05, 0.1) is 23.1 Å². The van der Waals surface area contributed by atoms with Crippen molar-refractivity contribution in [2.24, 2.45) is 0 Å². The molecular formula is C20H19Cl2NO4S. The number of benzene rings is 2. The second-order valence-electron chi connectivity index (χ2n) is 6.32. The third-order valence-corrected chi connectivity index (χ3v) is 7.02. The van der Waals surface area contributed by atoms with Crippen molar-refractivity contribution in [3.8, 4) is 0 Å². The zero-order valence-electron chi connectivity index (χ0n) is 15.4. The fraction of sp³-hybridized carbons (Fsp3) is 0.250. The molecule has 0 bridgehead atoms. The molecule has 2 aromatic carbocycles. The zero-order chi connectivity index (χ0) is 20.5. The predicted molar refractivity (Wildman–Crippen MR) is 109 cm³/mol. The van der Waals surface area contributed by atoms with Crippen LogP contribution in [0.1, 0.15) is 24.1 Å². The van der Waals surface area contributed by atoms with Gasteiger partial charge in [0.25, 0.3) is 0 Å². The van der Waals surface area contributed by atoms with Gasteiger partial charge >= 0.3 is 5.97 Å². The van der Waals surface area contributed by atoms with Crippen LogP contribution in [0.25, 0.3) is 0 Å². The summed E-state index contributed by atoms with van der Waals surface area (Å²) in [7, 11) is -3.88. The molecule has 8 heteroatoms. The van der Waals surface area contributed by atoms with E-state index in [0.717, 1.165) is 5.56 Å². The highest BCUT2D eigenvalue weighted by Gasteiger charge is 2.41. The Morgan fingerprint density at radius 3 is 2.46 bits per heavy atom. The lowest BCUT2D eigenvalue weighted by Crippen LogP contribution is -2.33. The summed E-state index contributed by atoms with van der Waals surface area (Å²) < 4.78 is 33.0. The quantitative estimate of drug-likeness (QED) is 0.641. The predicted octanol–water partition coefficient (Wildman–Crippen LogP) is 4.54. The first-order chi connectivity index (χ1) is 13.3. The second kappa shape index (κ2) is 8.25. The van der Waals surface area contributed by atoms with E-state index in [2.05, 4.69) is 0 Å². The second-order valence-corrected chi connectivity index (χ2v) is 9.05. The average molecular weight is 440 g/mol. The monoisotopic (exact) mass is 439 g/mol. The van der Waals surface area contributed by atoms with Crippen LogP contribution in [-0.4, -0.2) is 31.8 Å². The van der Waals surface area contributed by atoms with E-state index in [4.69, 9.17) is 27.9 Å². The molecule has 1 aliphatic heterocycles. The van der Waals surface area contributed by atoms with E-state index in [1.54, 1.807) is 31.2 Å². The topological polar surface area (TPSA) is 63.7 Å². The molecule has 0 amide bonds. The molecule has 0 aliphatic carbocycles. The molecule has 2 aromatic rings. The van der Waals surface area contributed by atoms with Crippen molar-refractivity contribution in [3.05, 3.63) is 75.3 Å². The van der Waals surface area contributed by atoms with Gasteiger partial charge < -0.3 is 4.74 Å². The van der Waals surface area contributed by atoms with E-state index in [1.807, 2.05) is 6.92 Å². The van der Waals surface area contributed by atoms with Crippen molar-refractivity contribution < 1.29 is 17.9 Å². The van der Waals surface area contributed by atoms with Crippen molar-refractivity contribution in [1.82, 2.24) is 4.31 Å². The van der Waals surface area contributed by atoms with Crippen LogP contribution in [0.5, 0.6) is 0 Å². The standard InChI is InChI=1S/C20H19Cl2NO4S/c1-3-27-20(24)17-10-11-23(19(17)14-4-9-18(22)13(2)12-14)28(25,26)16-7-5-15(21)6-8-16/h4-10,12,19H,3,11H2,1-2H3. The molecule has 0 saturated carbocycles. The van der Waals surface area contributed by atoms with Crippen LogP contribution >= 0.6 is 23.2 Å². The maximum absolute atomic E-state index is 13.3. The normalized spacial score (nSPS) is 17.4. The van der Waals surface area contributed by atoms with Crippen LogP contribution in [0.3, 0.4) is 0 Å². The molecule has 0 spiro atoms. The van der Waals surface area contributed by atoms with Crippen molar-refractivity contribution >= 4 is 39.2 Å². The summed E-state index contributed by atoms with van der Waals surface area (Å²) in [6, 6.07) is 10.3. The first-order valence-corrected chi connectivity index (χ1v) is 10.9. The minimum atomic E-state index is -3.88. The molecule has 28 heavy (non-hydrogen) atoms. The van der Waals surface area contributed by atoms with Crippen molar-refractivity contribution in [2.45, 2.75) is 24.8 Å². The van der Waals surface area contributed by atoms with E-state index in [9.17, 15) is 13.2 Å². The Hall–Kier alpha value is -1.86. The van der Waals surface area contributed by atoms with Gasteiger partial charge in [-0.2, -0.15) is 4.31 Å². The van der Waals surface area contributed by atoms with Gasteiger partial charge in [0.2, 0.25) is 10.0 Å². The Labute approximate surface area is 174 Å². The Kier molecular flexibility index (Phi) is 6.15. The number of nitrogens with zero attached hydrogens (tertiary/aromatic N) is 1. The van der Waals surface area contributed by atoms with Crippen LogP contribution in [0.4, 0.5) is 0 Å². The Morgan fingerprint density at radius 1 is 1.18 bits per heavy atom. The molecule has 148 valence electrons. The van der Waals surface area contributed by atoms with Gasteiger partial charge in [-0.05, 0) is 55.3 Å². The van der Waals surface area contributed by atoms with Gasteiger partial charge in [0.1, 0.15) is 0 Å². The number of esters is 1.